The van der Waals surface area contributed by atoms with E-state index in [-0.39, 0.29) is 30.2 Å². The predicted octanol–water partition coefficient (Wildman–Crippen LogP) is 5.91. The highest BCUT2D eigenvalue weighted by molar-refractivity contribution is 7.10. The average molecular weight is 585 g/mol. The minimum atomic E-state index is -4.91. The van der Waals surface area contributed by atoms with Gasteiger partial charge in [0.2, 0.25) is 0 Å². The summed E-state index contributed by atoms with van der Waals surface area (Å²) in [5.41, 5.74) is -0.895. The van der Waals surface area contributed by atoms with Gasteiger partial charge in [-0.15, -0.1) is 11.3 Å². The van der Waals surface area contributed by atoms with Crippen LogP contribution >= 0.6 is 11.3 Å². The Labute approximate surface area is 236 Å². The first-order chi connectivity index (χ1) is 19.7. The van der Waals surface area contributed by atoms with Crippen molar-refractivity contribution in [1.82, 2.24) is 19.9 Å². The Balaban J connectivity index is 1.40. The van der Waals surface area contributed by atoms with Crippen molar-refractivity contribution in [1.29, 1.82) is 0 Å². The summed E-state index contributed by atoms with van der Waals surface area (Å²) in [4.78, 5) is 32.4. The molecule has 1 aliphatic carbocycles. The second-order valence-corrected chi connectivity index (χ2v) is 10.9. The molecule has 0 bridgehead atoms. The molecule has 2 N–H and O–H groups in total. The Morgan fingerprint density at radius 3 is 2.61 bits per heavy atom. The topological polar surface area (TPSA) is 104 Å². The van der Waals surface area contributed by atoms with Gasteiger partial charge in [-0.05, 0) is 49.9 Å². The molecule has 1 saturated heterocycles. The third kappa shape index (κ3) is 5.51. The van der Waals surface area contributed by atoms with Crippen molar-refractivity contribution in [3.05, 3.63) is 70.2 Å². The first-order valence-corrected chi connectivity index (χ1v) is 13.9. The number of aliphatic hydroxyl groups is 1. The number of amides is 1. The number of halogens is 4. The molecular weight excluding hydrogens is 560 g/mol. The molecule has 0 radical (unpaired) electrons. The van der Waals surface area contributed by atoms with E-state index in [0.717, 1.165) is 36.8 Å². The van der Waals surface area contributed by atoms with E-state index in [2.05, 4.69) is 20.3 Å². The number of aliphatic hydroxyl groups excluding tert-OH is 1. The van der Waals surface area contributed by atoms with Gasteiger partial charge in [0.15, 0.2) is 11.6 Å². The summed E-state index contributed by atoms with van der Waals surface area (Å²) in [5.74, 6) is -1.78. The number of benzene rings is 1. The van der Waals surface area contributed by atoms with Crippen molar-refractivity contribution < 1.29 is 27.5 Å². The van der Waals surface area contributed by atoms with Crippen molar-refractivity contribution >= 4 is 28.7 Å². The quantitative estimate of drug-likeness (QED) is 0.260. The number of hydrogen-bond acceptors (Lipinski definition) is 8. The van der Waals surface area contributed by atoms with Gasteiger partial charge < -0.3 is 15.3 Å². The largest absolute Gasteiger partial charge is 0.417 e. The van der Waals surface area contributed by atoms with Crippen LogP contribution < -0.4 is 10.2 Å². The van der Waals surface area contributed by atoms with E-state index in [1.807, 2.05) is 10.3 Å². The molecule has 1 aromatic carbocycles. The van der Waals surface area contributed by atoms with Crippen molar-refractivity contribution in [2.24, 2.45) is 0 Å². The van der Waals surface area contributed by atoms with Gasteiger partial charge in [-0.1, -0.05) is 0 Å². The number of nitrogens with zero attached hydrogens (tertiary/aromatic N) is 5. The summed E-state index contributed by atoms with van der Waals surface area (Å²) in [6.45, 7) is 0.453. The first kappa shape index (κ1) is 27.2. The van der Waals surface area contributed by atoms with Gasteiger partial charge in [0.1, 0.15) is 5.82 Å². The molecule has 6 rings (SSSR count). The van der Waals surface area contributed by atoms with Crippen molar-refractivity contribution in [3.8, 4) is 22.6 Å². The van der Waals surface area contributed by atoms with E-state index in [1.165, 1.54) is 18.5 Å². The summed E-state index contributed by atoms with van der Waals surface area (Å²) >= 11 is 1.55. The molecular formula is C28H24F4N6O2S. The standard InChI is InChI=1S/C28H24F4N6O2S/c29-21-11-20(28(30,31)32)18(24-33-6-2-7-34-24)10-19(21)26(40)36-22-9-16(23-14-41-27(37-23)15-4-5-15)12-35-25(22)38-8-1-3-17(38)13-39/h2,6-7,9-12,14-15,17,39H,1,3-5,8,13H2,(H,36,40). The minimum Gasteiger partial charge on any atom is -0.394 e. The SMILES string of the molecule is O=C(Nc1cc(-c2csc(C3CC3)n2)cnc1N1CCCC1CO)c1cc(-c2ncccn2)c(C(F)(F)F)cc1F. The van der Waals surface area contributed by atoms with Gasteiger partial charge in [0.05, 0.1) is 40.2 Å². The van der Waals surface area contributed by atoms with Crippen LogP contribution in [0.2, 0.25) is 0 Å². The van der Waals surface area contributed by atoms with Crippen LogP contribution in [0.25, 0.3) is 22.6 Å². The monoisotopic (exact) mass is 584 g/mol. The molecule has 1 aliphatic heterocycles. The maximum atomic E-state index is 15.1. The number of anilines is 2. The second kappa shape index (κ2) is 10.8. The third-order valence-electron chi connectivity index (χ3n) is 7.18. The number of alkyl halides is 3. The zero-order valence-electron chi connectivity index (χ0n) is 21.5. The summed E-state index contributed by atoms with van der Waals surface area (Å²) < 4.78 is 56.5. The van der Waals surface area contributed by atoms with Gasteiger partial charge in [-0.25, -0.2) is 24.3 Å². The van der Waals surface area contributed by atoms with E-state index in [4.69, 9.17) is 4.98 Å². The number of carbonyl (C=O) groups excluding carboxylic acids is 1. The molecule has 1 unspecified atom stereocenters. The average Bonchev–Trinajstić information content (AvgIpc) is 3.49. The highest BCUT2D eigenvalue weighted by Crippen LogP contribution is 2.43. The molecule has 0 spiro atoms. The zero-order chi connectivity index (χ0) is 28.7. The molecule has 2 fully saturated rings. The summed E-state index contributed by atoms with van der Waals surface area (Å²) in [7, 11) is 0. The lowest BCUT2D eigenvalue weighted by atomic mass is 10.0. The number of hydrogen-bond donors (Lipinski definition) is 2. The molecule has 8 nitrogen and oxygen atoms in total. The molecule has 212 valence electrons. The Morgan fingerprint density at radius 2 is 1.90 bits per heavy atom. The fourth-order valence-corrected chi connectivity index (χ4v) is 5.96. The normalized spacial score (nSPS) is 17.2. The van der Waals surface area contributed by atoms with Crippen molar-refractivity contribution in [3.63, 3.8) is 0 Å². The van der Waals surface area contributed by atoms with Crippen LogP contribution in [-0.4, -0.2) is 50.1 Å². The molecule has 2 aliphatic rings. The Morgan fingerprint density at radius 1 is 1.12 bits per heavy atom. The molecule has 41 heavy (non-hydrogen) atoms. The number of aromatic nitrogens is 4. The Hall–Kier alpha value is -3.97. The zero-order valence-corrected chi connectivity index (χ0v) is 22.3. The molecule has 1 amide bonds. The van der Waals surface area contributed by atoms with Gasteiger partial charge in [0.25, 0.3) is 5.91 Å². The lowest BCUT2D eigenvalue weighted by Crippen LogP contribution is -2.33. The minimum absolute atomic E-state index is 0.123. The third-order valence-corrected chi connectivity index (χ3v) is 8.19. The smallest absolute Gasteiger partial charge is 0.394 e. The van der Waals surface area contributed by atoms with Crippen LogP contribution in [0.5, 0.6) is 0 Å². The van der Waals surface area contributed by atoms with Crippen LogP contribution in [-0.2, 0) is 6.18 Å². The van der Waals surface area contributed by atoms with Gasteiger partial charge in [-0.2, -0.15) is 13.2 Å². The van der Waals surface area contributed by atoms with Crippen molar-refractivity contribution in [2.45, 2.75) is 43.8 Å². The van der Waals surface area contributed by atoms with Crippen LogP contribution in [0, 0.1) is 5.82 Å². The number of pyridine rings is 1. The Kier molecular flexibility index (Phi) is 7.16. The summed E-state index contributed by atoms with van der Waals surface area (Å²) in [6.07, 6.45) is 2.95. The summed E-state index contributed by atoms with van der Waals surface area (Å²) in [5, 5.41) is 15.5. The van der Waals surface area contributed by atoms with Gasteiger partial charge in [0, 0.05) is 47.6 Å². The lowest BCUT2D eigenvalue weighted by Gasteiger charge is -2.26. The molecule has 3 aromatic heterocycles. The number of thiazole rings is 1. The van der Waals surface area contributed by atoms with E-state index in [0.29, 0.717) is 29.5 Å². The number of nitrogens with one attached hydrogen (secondary N) is 1. The van der Waals surface area contributed by atoms with Crippen LogP contribution in [0.1, 0.15) is 52.5 Å². The molecule has 1 atom stereocenters. The Bertz CT molecular complexity index is 1590. The van der Waals surface area contributed by atoms with E-state index >= 15 is 4.39 Å². The molecule has 4 heterocycles. The fraction of sp³-hybridized carbons (Fsp3) is 0.321. The van der Waals surface area contributed by atoms with E-state index in [9.17, 15) is 23.1 Å². The maximum Gasteiger partial charge on any atom is 0.417 e. The number of rotatable bonds is 7. The van der Waals surface area contributed by atoms with Gasteiger partial charge >= 0.3 is 6.18 Å². The molecule has 13 heteroatoms. The predicted molar refractivity (Wildman–Crippen MR) is 145 cm³/mol. The second-order valence-electron chi connectivity index (χ2n) is 10.0. The highest BCUT2D eigenvalue weighted by atomic mass is 32.1. The van der Waals surface area contributed by atoms with E-state index in [1.54, 1.807) is 23.6 Å². The first-order valence-electron chi connectivity index (χ1n) is 13.1. The maximum absolute atomic E-state index is 15.1. The van der Waals surface area contributed by atoms with Crippen LogP contribution in [0.3, 0.4) is 0 Å². The lowest BCUT2D eigenvalue weighted by molar-refractivity contribution is -0.137. The highest BCUT2D eigenvalue weighted by Gasteiger charge is 2.37. The fourth-order valence-electron chi connectivity index (χ4n) is 4.96. The molecule has 4 aromatic rings. The number of carbonyl (C=O) groups is 1. The van der Waals surface area contributed by atoms with Crippen molar-refractivity contribution in [2.75, 3.05) is 23.4 Å². The summed E-state index contributed by atoms with van der Waals surface area (Å²) in [6, 6.07) is 3.97. The van der Waals surface area contributed by atoms with E-state index < -0.39 is 34.6 Å². The van der Waals surface area contributed by atoms with Crippen LogP contribution in [0.4, 0.5) is 29.1 Å². The molecule has 1 saturated carbocycles. The van der Waals surface area contributed by atoms with Gasteiger partial charge in [-0.3, -0.25) is 4.79 Å². The van der Waals surface area contributed by atoms with Crippen LogP contribution in [0.15, 0.2) is 48.2 Å².